The molecule has 7 heteroatoms. The predicted octanol–water partition coefficient (Wildman–Crippen LogP) is 1.26. The maximum Gasteiger partial charge on any atom is 0.252 e. The lowest BCUT2D eigenvalue weighted by Gasteiger charge is -2.64. The fourth-order valence-corrected chi connectivity index (χ4v) is 7.86. The predicted molar refractivity (Wildman–Crippen MR) is 126 cm³/mol. The number of likely N-dealkylation sites (tertiary alicyclic amines) is 1. The molecular formula is C28H33N3O4. The van der Waals surface area contributed by atoms with Gasteiger partial charge in [-0.3, -0.25) is 9.69 Å². The molecule has 7 rings (SSSR count). The third-order valence-electron chi connectivity index (χ3n) is 9.61. The van der Waals surface area contributed by atoms with E-state index >= 15 is 0 Å². The smallest absolute Gasteiger partial charge is 0.252 e. The van der Waals surface area contributed by atoms with Crippen LogP contribution in [-0.2, 0) is 18.9 Å². The van der Waals surface area contributed by atoms with E-state index in [1.807, 2.05) is 43.1 Å². The number of nitrogens with one attached hydrogen (secondary N) is 1. The molecule has 0 radical (unpaired) electrons. The summed E-state index contributed by atoms with van der Waals surface area (Å²) in [6, 6.07) is 5.16. The Morgan fingerprint density at radius 2 is 2.11 bits per heavy atom. The molecule has 2 saturated carbocycles. The van der Waals surface area contributed by atoms with Gasteiger partial charge in [-0.25, -0.2) is 4.57 Å². The minimum Gasteiger partial charge on any atom is -0.870 e. The summed E-state index contributed by atoms with van der Waals surface area (Å²) in [5, 5.41) is 28.7. The van der Waals surface area contributed by atoms with Crippen molar-refractivity contribution >= 4 is 5.91 Å². The summed E-state index contributed by atoms with van der Waals surface area (Å²) in [6.45, 7) is 3.87. The molecule has 7 nitrogen and oxygen atoms in total. The van der Waals surface area contributed by atoms with Crippen molar-refractivity contribution in [2.75, 3.05) is 13.1 Å². The van der Waals surface area contributed by atoms with Crippen molar-refractivity contribution in [3.8, 4) is 11.5 Å². The SMILES string of the molecule is Cc1c[n+](C)ccc1C(=O)N[C@@H]1CC[C@@]2(O)[C@H]3Cc4ccc([O-])c5c4[C@@]2(CCN3CC2CC2)[C@H]1O5. The molecule has 1 spiro atoms. The number of hydrogen-bond donors (Lipinski definition) is 2. The third-order valence-corrected chi connectivity index (χ3v) is 9.61. The number of hydrogen-bond acceptors (Lipinski definition) is 5. The highest BCUT2D eigenvalue weighted by Gasteiger charge is 2.72. The highest BCUT2D eigenvalue weighted by Crippen LogP contribution is 2.65. The average Bonchev–Trinajstić information content (AvgIpc) is 3.56. The number of aryl methyl sites for hydroxylation is 2. The molecule has 2 N–H and O–H groups in total. The molecule has 3 aliphatic carbocycles. The zero-order chi connectivity index (χ0) is 24.1. The Kier molecular flexibility index (Phi) is 4.45. The Labute approximate surface area is 205 Å². The van der Waals surface area contributed by atoms with Gasteiger partial charge >= 0.3 is 0 Å². The highest BCUT2D eigenvalue weighted by atomic mass is 16.5. The third kappa shape index (κ3) is 2.85. The van der Waals surface area contributed by atoms with Crippen molar-refractivity contribution in [3.63, 3.8) is 0 Å². The second-order valence-corrected chi connectivity index (χ2v) is 11.6. The van der Waals surface area contributed by atoms with Gasteiger partial charge in [0, 0.05) is 29.8 Å². The number of pyridine rings is 1. The number of carbonyl (C=O) groups is 1. The van der Waals surface area contributed by atoms with E-state index in [1.165, 1.54) is 12.8 Å². The van der Waals surface area contributed by atoms with Crippen molar-refractivity contribution < 1.29 is 24.3 Å². The number of amides is 1. The summed E-state index contributed by atoms with van der Waals surface area (Å²) >= 11 is 0. The Morgan fingerprint density at radius 3 is 2.89 bits per heavy atom. The number of benzene rings is 1. The Balaban J connectivity index is 1.29. The fraction of sp³-hybridized carbons (Fsp3) is 0.571. The summed E-state index contributed by atoms with van der Waals surface area (Å²) < 4.78 is 8.42. The van der Waals surface area contributed by atoms with Crippen LogP contribution >= 0.6 is 0 Å². The largest absolute Gasteiger partial charge is 0.870 e. The van der Waals surface area contributed by atoms with Gasteiger partial charge in [0.25, 0.3) is 5.91 Å². The summed E-state index contributed by atoms with van der Waals surface area (Å²) in [5.41, 5.74) is 1.99. The Hall–Kier alpha value is -2.64. The van der Waals surface area contributed by atoms with Crippen molar-refractivity contribution in [2.45, 2.75) is 74.7 Å². The van der Waals surface area contributed by atoms with Crippen LogP contribution < -0.4 is 19.7 Å². The summed E-state index contributed by atoms with van der Waals surface area (Å²) in [7, 11) is 1.94. The van der Waals surface area contributed by atoms with Gasteiger partial charge in [0.1, 0.15) is 18.9 Å². The summed E-state index contributed by atoms with van der Waals surface area (Å²) in [5.74, 6) is 0.903. The molecule has 1 saturated heterocycles. The van der Waals surface area contributed by atoms with Crippen LogP contribution in [0.4, 0.5) is 0 Å². The van der Waals surface area contributed by atoms with Crippen molar-refractivity contribution in [3.05, 3.63) is 52.8 Å². The maximum absolute atomic E-state index is 13.4. The fourth-order valence-electron chi connectivity index (χ4n) is 7.86. The summed E-state index contributed by atoms with van der Waals surface area (Å²) in [4.78, 5) is 15.9. The molecule has 2 aliphatic heterocycles. The standard InChI is InChI=1S/C28H33N3O4/c1-16-14-30(2)11-8-19(16)26(33)29-20-7-9-28(34)22-13-18-5-6-21(32)24-23(18)27(28,25(20)35-24)10-12-31(22)15-17-3-4-17/h5-6,8,11,14,17,20,22,25,34H,3-4,7,9-10,12-13,15H2,1-2H3,(H-,29,32,33)/t20-,22-,25+,27+,28-/m1/s1. The zero-order valence-corrected chi connectivity index (χ0v) is 20.4. The maximum atomic E-state index is 13.4. The molecule has 2 aromatic rings. The van der Waals surface area contributed by atoms with Crippen LogP contribution in [-0.4, -0.2) is 52.8 Å². The number of aromatic nitrogens is 1. The van der Waals surface area contributed by atoms with Crippen LogP contribution in [0.15, 0.2) is 30.6 Å². The number of aliphatic hydroxyl groups is 1. The van der Waals surface area contributed by atoms with Crippen molar-refractivity contribution in [1.29, 1.82) is 0 Å². The molecule has 2 bridgehead atoms. The van der Waals surface area contributed by atoms with Crippen molar-refractivity contribution in [1.82, 2.24) is 10.2 Å². The summed E-state index contributed by atoms with van der Waals surface area (Å²) in [6.07, 6.45) is 8.64. The van der Waals surface area contributed by atoms with Gasteiger partial charge in [-0.15, -0.1) is 0 Å². The first-order valence-corrected chi connectivity index (χ1v) is 13.0. The minimum atomic E-state index is -0.964. The quantitative estimate of drug-likeness (QED) is 0.650. The van der Waals surface area contributed by atoms with E-state index in [-0.39, 0.29) is 23.7 Å². The van der Waals surface area contributed by atoms with Gasteiger partial charge in [0.05, 0.1) is 22.6 Å². The lowest BCUT2D eigenvalue weighted by molar-refractivity contribution is -0.671. The first kappa shape index (κ1) is 21.6. The molecule has 35 heavy (non-hydrogen) atoms. The Morgan fingerprint density at radius 1 is 1.29 bits per heavy atom. The van der Waals surface area contributed by atoms with Gasteiger partial charge in [0.2, 0.25) is 0 Å². The van der Waals surface area contributed by atoms with Crippen LogP contribution in [0.3, 0.4) is 0 Å². The van der Waals surface area contributed by atoms with E-state index in [9.17, 15) is 15.0 Å². The number of rotatable bonds is 4. The van der Waals surface area contributed by atoms with Gasteiger partial charge in [0.15, 0.2) is 12.4 Å². The normalized spacial score (nSPS) is 34.8. The van der Waals surface area contributed by atoms with Crippen LogP contribution in [0, 0.1) is 12.8 Å². The van der Waals surface area contributed by atoms with Crippen LogP contribution in [0.25, 0.3) is 0 Å². The van der Waals surface area contributed by atoms with Gasteiger partial charge in [-0.2, -0.15) is 0 Å². The Bertz CT molecular complexity index is 1240. The lowest BCUT2D eigenvalue weighted by Crippen LogP contribution is -2.78. The molecule has 3 fully saturated rings. The molecule has 5 atom stereocenters. The van der Waals surface area contributed by atoms with E-state index in [4.69, 9.17) is 4.74 Å². The van der Waals surface area contributed by atoms with Crippen molar-refractivity contribution in [2.24, 2.45) is 13.0 Å². The molecular weight excluding hydrogens is 442 g/mol. The second kappa shape index (κ2) is 7.20. The first-order valence-electron chi connectivity index (χ1n) is 13.0. The van der Waals surface area contributed by atoms with Gasteiger partial charge in [-0.1, -0.05) is 17.9 Å². The van der Waals surface area contributed by atoms with E-state index < -0.39 is 17.1 Å². The van der Waals surface area contributed by atoms with E-state index in [2.05, 4.69) is 10.2 Å². The molecule has 184 valence electrons. The monoisotopic (exact) mass is 475 g/mol. The zero-order valence-electron chi connectivity index (χ0n) is 20.4. The van der Waals surface area contributed by atoms with E-state index in [1.54, 1.807) is 6.07 Å². The average molecular weight is 476 g/mol. The number of carbonyl (C=O) groups excluding carboxylic acids is 1. The van der Waals surface area contributed by atoms with Gasteiger partial charge in [-0.05, 0) is 63.5 Å². The molecule has 1 aromatic heterocycles. The number of piperidine rings is 1. The molecule has 5 aliphatic rings. The number of ether oxygens (including phenoxy) is 1. The highest BCUT2D eigenvalue weighted by molar-refractivity contribution is 5.95. The van der Waals surface area contributed by atoms with Crippen LogP contribution in [0.5, 0.6) is 11.5 Å². The first-order chi connectivity index (χ1) is 16.8. The van der Waals surface area contributed by atoms with E-state index in [0.29, 0.717) is 24.2 Å². The molecule has 1 aromatic carbocycles. The van der Waals surface area contributed by atoms with Crippen LogP contribution in [0.2, 0.25) is 0 Å². The topological polar surface area (TPSA) is 88.7 Å². The molecule has 1 amide bonds. The minimum absolute atomic E-state index is 0.0203. The van der Waals surface area contributed by atoms with E-state index in [0.717, 1.165) is 48.5 Å². The molecule has 0 unspecified atom stereocenters. The second-order valence-electron chi connectivity index (χ2n) is 11.6. The molecule has 3 heterocycles. The van der Waals surface area contributed by atoms with Crippen LogP contribution in [0.1, 0.15) is 59.2 Å². The van der Waals surface area contributed by atoms with Gasteiger partial charge < -0.3 is 20.3 Å². The lowest BCUT2D eigenvalue weighted by atomic mass is 9.48. The number of nitrogens with zero attached hydrogens (tertiary/aromatic N) is 2.